The number of hydrogen-bond acceptors (Lipinski definition) is 4. The van der Waals surface area contributed by atoms with Crippen LogP contribution in [-0.4, -0.2) is 22.1 Å². The number of nitrogens with zero attached hydrogens (tertiary/aromatic N) is 2. The molecule has 0 aromatic carbocycles. The molecule has 1 amide bonds. The highest BCUT2D eigenvalue weighted by Gasteiger charge is 2.29. The van der Waals surface area contributed by atoms with Gasteiger partial charge in [0.15, 0.2) is 5.69 Å². The highest BCUT2D eigenvalue weighted by molar-refractivity contribution is 5.92. The molecular formula is C13H20N4O. The second-order valence-corrected chi connectivity index (χ2v) is 5.77. The molecule has 3 N–H and O–H groups in total. The molecule has 1 heterocycles. The fraction of sp³-hybridized carbons (Fsp3) is 0.615. The van der Waals surface area contributed by atoms with Crippen molar-refractivity contribution >= 4 is 11.7 Å². The molecule has 98 valence electrons. The quantitative estimate of drug-likeness (QED) is 0.835. The summed E-state index contributed by atoms with van der Waals surface area (Å²) in [5, 5.41) is 10.5. The first-order valence-corrected chi connectivity index (χ1v) is 6.36. The fourth-order valence-electron chi connectivity index (χ4n) is 2.54. The summed E-state index contributed by atoms with van der Waals surface area (Å²) in [6.07, 6.45) is 4.44. The van der Waals surface area contributed by atoms with Gasteiger partial charge in [-0.05, 0) is 36.8 Å². The molecular weight excluding hydrogens is 228 g/mol. The van der Waals surface area contributed by atoms with Crippen molar-refractivity contribution < 1.29 is 4.79 Å². The molecule has 2 rings (SSSR count). The summed E-state index contributed by atoms with van der Waals surface area (Å²) in [4.78, 5) is 12.0. The second kappa shape index (κ2) is 4.92. The lowest BCUT2D eigenvalue weighted by atomic mass is 9.75. The summed E-state index contributed by atoms with van der Waals surface area (Å²) in [7, 11) is 0. The van der Waals surface area contributed by atoms with Crippen LogP contribution in [0, 0.1) is 5.41 Å². The van der Waals surface area contributed by atoms with Gasteiger partial charge in [0.25, 0.3) is 5.91 Å². The van der Waals surface area contributed by atoms with Crippen molar-refractivity contribution in [1.82, 2.24) is 15.5 Å². The van der Waals surface area contributed by atoms with Gasteiger partial charge in [0.1, 0.15) is 5.82 Å². The predicted octanol–water partition coefficient (Wildman–Crippen LogP) is 1.76. The van der Waals surface area contributed by atoms with Crippen LogP contribution in [0.15, 0.2) is 12.1 Å². The molecule has 5 nitrogen and oxygen atoms in total. The van der Waals surface area contributed by atoms with Gasteiger partial charge in [0, 0.05) is 6.04 Å². The van der Waals surface area contributed by atoms with Crippen LogP contribution in [-0.2, 0) is 0 Å². The molecule has 0 saturated heterocycles. The van der Waals surface area contributed by atoms with E-state index in [4.69, 9.17) is 5.73 Å². The third kappa shape index (κ3) is 3.18. The fourth-order valence-corrected chi connectivity index (χ4v) is 2.54. The number of anilines is 1. The minimum atomic E-state index is -0.162. The van der Waals surface area contributed by atoms with Gasteiger partial charge in [-0.1, -0.05) is 20.3 Å². The standard InChI is InChI=1S/C13H20N4O/c1-13(2)7-3-4-9(8-13)15-12(18)10-5-6-11(14)17-16-10/h5-6,9H,3-4,7-8H2,1-2H3,(H2,14,17)(H,15,18). The van der Waals surface area contributed by atoms with Gasteiger partial charge in [0.2, 0.25) is 0 Å². The van der Waals surface area contributed by atoms with E-state index < -0.39 is 0 Å². The van der Waals surface area contributed by atoms with E-state index in [0.717, 1.165) is 19.3 Å². The monoisotopic (exact) mass is 248 g/mol. The van der Waals surface area contributed by atoms with E-state index in [9.17, 15) is 4.79 Å². The SMILES string of the molecule is CC1(C)CCCC(NC(=O)c2ccc(N)nn2)C1. The Balaban J connectivity index is 1.97. The van der Waals surface area contributed by atoms with Gasteiger partial charge < -0.3 is 11.1 Å². The molecule has 1 atom stereocenters. The molecule has 0 bridgehead atoms. The minimum absolute atomic E-state index is 0.162. The van der Waals surface area contributed by atoms with Crippen molar-refractivity contribution in [3.05, 3.63) is 17.8 Å². The van der Waals surface area contributed by atoms with Crippen LogP contribution < -0.4 is 11.1 Å². The molecule has 1 aromatic heterocycles. The van der Waals surface area contributed by atoms with E-state index in [1.54, 1.807) is 12.1 Å². The molecule has 1 aliphatic carbocycles. The Morgan fingerprint density at radius 2 is 2.22 bits per heavy atom. The lowest BCUT2D eigenvalue weighted by molar-refractivity contribution is 0.0896. The summed E-state index contributed by atoms with van der Waals surface area (Å²) in [6.45, 7) is 4.49. The summed E-state index contributed by atoms with van der Waals surface area (Å²) >= 11 is 0. The highest BCUT2D eigenvalue weighted by atomic mass is 16.2. The number of nitrogens with one attached hydrogen (secondary N) is 1. The zero-order valence-electron chi connectivity index (χ0n) is 10.9. The van der Waals surface area contributed by atoms with Gasteiger partial charge in [-0.2, -0.15) is 0 Å². The Bertz CT molecular complexity index is 427. The molecule has 1 aromatic rings. The van der Waals surface area contributed by atoms with Crippen LogP contribution in [0.1, 0.15) is 50.0 Å². The number of carbonyl (C=O) groups excluding carboxylic acids is 1. The second-order valence-electron chi connectivity index (χ2n) is 5.77. The Labute approximate surface area is 107 Å². The largest absolute Gasteiger partial charge is 0.382 e. The third-order valence-corrected chi connectivity index (χ3v) is 3.46. The molecule has 18 heavy (non-hydrogen) atoms. The first-order chi connectivity index (χ1) is 8.46. The van der Waals surface area contributed by atoms with Crippen molar-refractivity contribution in [2.24, 2.45) is 5.41 Å². The van der Waals surface area contributed by atoms with Crippen LogP contribution in [0.2, 0.25) is 0 Å². The first kappa shape index (κ1) is 12.8. The molecule has 0 aliphatic heterocycles. The Kier molecular flexibility index (Phi) is 3.50. The minimum Gasteiger partial charge on any atom is -0.382 e. The van der Waals surface area contributed by atoms with Crippen LogP contribution in [0.5, 0.6) is 0 Å². The molecule has 1 fully saturated rings. The van der Waals surface area contributed by atoms with Crippen molar-refractivity contribution in [3.63, 3.8) is 0 Å². The zero-order valence-corrected chi connectivity index (χ0v) is 10.9. The van der Waals surface area contributed by atoms with Gasteiger partial charge >= 0.3 is 0 Å². The van der Waals surface area contributed by atoms with Crippen LogP contribution in [0.4, 0.5) is 5.82 Å². The summed E-state index contributed by atoms with van der Waals surface area (Å²) in [6, 6.07) is 3.43. The maximum atomic E-state index is 12.0. The smallest absolute Gasteiger partial charge is 0.272 e. The van der Waals surface area contributed by atoms with Crippen molar-refractivity contribution in [1.29, 1.82) is 0 Å². The van der Waals surface area contributed by atoms with E-state index in [1.165, 1.54) is 6.42 Å². The number of hydrogen-bond donors (Lipinski definition) is 2. The van der Waals surface area contributed by atoms with Gasteiger partial charge in [-0.25, -0.2) is 0 Å². The number of nitrogen functional groups attached to an aromatic ring is 1. The first-order valence-electron chi connectivity index (χ1n) is 6.36. The summed E-state index contributed by atoms with van der Waals surface area (Å²) in [5.41, 5.74) is 6.08. The molecule has 0 spiro atoms. The van der Waals surface area contributed by atoms with E-state index in [2.05, 4.69) is 29.4 Å². The summed E-state index contributed by atoms with van der Waals surface area (Å²) < 4.78 is 0. The maximum Gasteiger partial charge on any atom is 0.272 e. The van der Waals surface area contributed by atoms with E-state index in [0.29, 0.717) is 16.9 Å². The van der Waals surface area contributed by atoms with Crippen molar-refractivity contribution in [2.75, 3.05) is 5.73 Å². The summed E-state index contributed by atoms with van der Waals surface area (Å²) in [5.74, 6) is 0.163. The molecule has 1 saturated carbocycles. The maximum absolute atomic E-state index is 12.0. The average Bonchev–Trinajstić information content (AvgIpc) is 2.28. The predicted molar refractivity (Wildman–Crippen MR) is 69.9 cm³/mol. The van der Waals surface area contributed by atoms with Gasteiger partial charge in [0.05, 0.1) is 0 Å². The van der Waals surface area contributed by atoms with E-state index in [-0.39, 0.29) is 11.9 Å². The Hall–Kier alpha value is -1.65. The van der Waals surface area contributed by atoms with E-state index in [1.807, 2.05) is 0 Å². The van der Waals surface area contributed by atoms with Crippen LogP contribution in [0.25, 0.3) is 0 Å². The average molecular weight is 248 g/mol. The zero-order chi connectivity index (χ0) is 13.2. The highest BCUT2D eigenvalue weighted by Crippen LogP contribution is 2.35. The normalized spacial score (nSPS) is 22.4. The number of aromatic nitrogens is 2. The number of carbonyl (C=O) groups is 1. The number of rotatable bonds is 2. The number of amides is 1. The molecule has 1 aliphatic rings. The van der Waals surface area contributed by atoms with Gasteiger partial charge in [-0.15, -0.1) is 10.2 Å². The van der Waals surface area contributed by atoms with Gasteiger partial charge in [-0.3, -0.25) is 4.79 Å². The Morgan fingerprint density at radius 1 is 1.44 bits per heavy atom. The van der Waals surface area contributed by atoms with Crippen LogP contribution in [0.3, 0.4) is 0 Å². The van der Waals surface area contributed by atoms with Crippen molar-refractivity contribution in [2.45, 2.75) is 45.6 Å². The topological polar surface area (TPSA) is 80.9 Å². The number of nitrogens with two attached hydrogens (primary N) is 1. The van der Waals surface area contributed by atoms with E-state index >= 15 is 0 Å². The third-order valence-electron chi connectivity index (χ3n) is 3.46. The molecule has 5 heteroatoms. The molecule has 0 radical (unpaired) electrons. The lowest BCUT2D eigenvalue weighted by Gasteiger charge is -2.35. The van der Waals surface area contributed by atoms with Crippen LogP contribution >= 0.6 is 0 Å². The lowest BCUT2D eigenvalue weighted by Crippen LogP contribution is -2.41. The molecule has 1 unspecified atom stereocenters. The Morgan fingerprint density at radius 3 is 2.83 bits per heavy atom. The van der Waals surface area contributed by atoms with Crippen molar-refractivity contribution in [3.8, 4) is 0 Å².